The van der Waals surface area contributed by atoms with Crippen LogP contribution in [-0.4, -0.2) is 51.3 Å². The zero-order valence-corrected chi connectivity index (χ0v) is 16.3. The number of hydrogen-bond donors (Lipinski definition) is 0. The van der Waals surface area contributed by atoms with E-state index in [0.29, 0.717) is 31.9 Å². The number of fused-ring (bicyclic) bond motifs is 1. The van der Waals surface area contributed by atoms with Crippen molar-refractivity contribution < 1.29 is 18.7 Å². The number of halogens is 1. The van der Waals surface area contributed by atoms with Crippen molar-refractivity contribution in [3.63, 3.8) is 0 Å². The van der Waals surface area contributed by atoms with Gasteiger partial charge in [-0.25, -0.2) is 14.4 Å². The maximum absolute atomic E-state index is 13.7. The van der Waals surface area contributed by atoms with Crippen LogP contribution in [-0.2, 0) is 22.6 Å². The highest BCUT2D eigenvalue weighted by atomic mass is 19.1. The van der Waals surface area contributed by atoms with E-state index in [2.05, 4.69) is 4.98 Å². The third kappa shape index (κ3) is 4.06. The minimum absolute atomic E-state index is 0.0437. The molecule has 2 aliphatic rings. The van der Waals surface area contributed by atoms with Crippen LogP contribution in [0.5, 0.6) is 5.75 Å². The van der Waals surface area contributed by atoms with Crippen LogP contribution in [0.4, 0.5) is 4.39 Å². The van der Waals surface area contributed by atoms with Crippen LogP contribution < -0.4 is 4.74 Å². The molecule has 0 aliphatic carbocycles. The van der Waals surface area contributed by atoms with Gasteiger partial charge in [-0.05, 0) is 25.0 Å². The average molecular weight is 398 g/mol. The van der Waals surface area contributed by atoms with Gasteiger partial charge in [0.2, 0.25) is 5.91 Å². The van der Waals surface area contributed by atoms with E-state index in [-0.39, 0.29) is 30.2 Å². The zero-order chi connectivity index (χ0) is 20.4. The van der Waals surface area contributed by atoms with E-state index < -0.39 is 5.82 Å². The second-order valence-electron chi connectivity index (χ2n) is 7.35. The highest BCUT2D eigenvalue weighted by molar-refractivity contribution is 5.78. The molecule has 1 saturated heterocycles. The fraction of sp³-hybridized carbons (Fsp3) is 0.429. The van der Waals surface area contributed by atoms with Gasteiger partial charge in [0, 0.05) is 44.7 Å². The molecule has 0 radical (unpaired) electrons. The summed E-state index contributed by atoms with van der Waals surface area (Å²) >= 11 is 0. The van der Waals surface area contributed by atoms with Crippen LogP contribution in [0.2, 0.25) is 0 Å². The molecule has 0 saturated carbocycles. The summed E-state index contributed by atoms with van der Waals surface area (Å²) in [7, 11) is 0. The molecule has 2 aromatic rings. The lowest BCUT2D eigenvalue weighted by molar-refractivity contribution is -0.134. The Morgan fingerprint density at radius 1 is 1.28 bits per heavy atom. The quantitative estimate of drug-likeness (QED) is 0.790. The number of nitrogens with zero attached hydrogens (tertiary/aromatic N) is 4. The Kier molecular flexibility index (Phi) is 5.42. The molecular formula is C21H23FN4O3. The predicted molar refractivity (Wildman–Crippen MR) is 102 cm³/mol. The van der Waals surface area contributed by atoms with Crippen molar-refractivity contribution in [2.24, 2.45) is 0 Å². The SMILES string of the molecule is CC(=O)N1CCc2nc([C@H]3CCCN3C(=O)COc3ccccc3F)ncc2C1. The van der Waals surface area contributed by atoms with Crippen molar-refractivity contribution >= 4 is 11.8 Å². The summed E-state index contributed by atoms with van der Waals surface area (Å²) in [6.07, 6.45) is 4.09. The van der Waals surface area contributed by atoms with Crippen LogP contribution in [0.25, 0.3) is 0 Å². The molecule has 0 unspecified atom stereocenters. The van der Waals surface area contributed by atoms with Crippen LogP contribution >= 0.6 is 0 Å². The zero-order valence-electron chi connectivity index (χ0n) is 16.3. The van der Waals surface area contributed by atoms with Gasteiger partial charge in [-0.3, -0.25) is 9.59 Å². The first-order chi connectivity index (χ1) is 14.0. The molecule has 2 aliphatic heterocycles. The Morgan fingerprint density at radius 3 is 2.90 bits per heavy atom. The molecule has 152 valence electrons. The average Bonchev–Trinajstić information content (AvgIpc) is 3.22. The fourth-order valence-electron chi connectivity index (χ4n) is 3.88. The summed E-state index contributed by atoms with van der Waals surface area (Å²) in [4.78, 5) is 37.0. The van der Waals surface area contributed by atoms with Gasteiger partial charge in [-0.15, -0.1) is 0 Å². The van der Waals surface area contributed by atoms with E-state index in [4.69, 9.17) is 9.72 Å². The third-order valence-corrected chi connectivity index (χ3v) is 5.46. The molecule has 4 rings (SSSR count). The molecule has 0 N–H and O–H groups in total. The summed E-state index contributed by atoms with van der Waals surface area (Å²) in [6.45, 7) is 3.10. The molecule has 29 heavy (non-hydrogen) atoms. The predicted octanol–water partition coefficient (Wildman–Crippen LogP) is 2.26. The van der Waals surface area contributed by atoms with E-state index in [0.717, 1.165) is 24.1 Å². The van der Waals surface area contributed by atoms with Gasteiger partial charge in [0.25, 0.3) is 5.91 Å². The first-order valence-electron chi connectivity index (χ1n) is 9.80. The molecule has 1 atom stereocenters. The Hall–Kier alpha value is -3.03. The Balaban J connectivity index is 1.45. The molecule has 1 aromatic carbocycles. The maximum Gasteiger partial charge on any atom is 0.261 e. The highest BCUT2D eigenvalue weighted by Gasteiger charge is 2.33. The van der Waals surface area contributed by atoms with Crippen molar-refractivity contribution in [1.29, 1.82) is 0 Å². The Bertz CT molecular complexity index is 936. The van der Waals surface area contributed by atoms with E-state index in [9.17, 15) is 14.0 Å². The van der Waals surface area contributed by atoms with E-state index in [1.807, 2.05) is 0 Å². The lowest BCUT2D eigenvalue weighted by atomic mass is 10.1. The first-order valence-corrected chi connectivity index (χ1v) is 9.80. The number of carbonyl (C=O) groups excluding carboxylic acids is 2. The minimum atomic E-state index is -0.490. The third-order valence-electron chi connectivity index (χ3n) is 5.46. The number of likely N-dealkylation sites (tertiary alicyclic amines) is 1. The number of hydrogen-bond acceptors (Lipinski definition) is 5. The molecule has 3 heterocycles. The number of para-hydroxylation sites is 1. The molecule has 2 amide bonds. The van der Waals surface area contributed by atoms with Gasteiger partial charge in [-0.1, -0.05) is 12.1 Å². The number of rotatable bonds is 4. The molecule has 0 spiro atoms. The van der Waals surface area contributed by atoms with Crippen molar-refractivity contribution in [1.82, 2.24) is 19.8 Å². The topological polar surface area (TPSA) is 75.6 Å². The summed E-state index contributed by atoms with van der Waals surface area (Å²) in [6, 6.07) is 5.83. The van der Waals surface area contributed by atoms with Crippen LogP contribution in [0, 0.1) is 5.82 Å². The minimum Gasteiger partial charge on any atom is -0.481 e. The lowest BCUT2D eigenvalue weighted by Crippen LogP contribution is -2.37. The second-order valence-corrected chi connectivity index (χ2v) is 7.35. The molecule has 0 bridgehead atoms. The number of aromatic nitrogens is 2. The molecular weight excluding hydrogens is 375 g/mol. The summed E-state index contributed by atoms with van der Waals surface area (Å²) in [5.41, 5.74) is 1.89. The highest BCUT2D eigenvalue weighted by Crippen LogP contribution is 2.31. The Morgan fingerprint density at radius 2 is 2.10 bits per heavy atom. The van der Waals surface area contributed by atoms with Gasteiger partial charge in [0.1, 0.15) is 0 Å². The standard InChI is InChI=1S/C21H23FN4O3/c1-14(27)25-10-8-17-15(12-25)11-23-21(24-17)18-6-4-9-26(18)20(28)13-29-19-7-3-2-5-16(19)22/h2-3,5,7,11,18H,4,6,8-10,12-13H2,1H3/t18-/m1/s1. The van der Waals surface area contributed by atoms with Gasteiger partial charge in [-0.2, -0.15) is 0 Å². The van der Waals surface area contributed by atoms with E-state index >= 15 is 0 Å². The number of benzene rings is 1. The molecule has 8 heteroatoms. The largest absolute Gasteiger partial charge is 0.481 e. The van der Waals surface area contributed by atoms with Crippen molar-refractivity contribution in [3.8, 4) is 5.75 Å². The monoisotopic (exact) mass is 398 g/mol. The molecule has 1 fully saturated rings. The maximum atomic E-state index is 13.7. The van der Waals surface area contributed by atoms with Crippen molar-refractivity contribution in [2.45, 2.75) is 38.8 Å². The van der Waals surface area contributed by atoms with Gasteiger partial charge in [0.15, 0.2) is 24.0 Å². The fourth-order valence-corrected chi connectivity index (χ4v) is 3.88. The van der Waals surface area contributed by atoms with Crippen LogP contribution in [0.15, 0.2) is 30.5 Å². The van der Waals surface area contributed by atoms with Crippen LogP contribution in [0.3, 0.4) is 0 Å². The van der Waals surface area contributed by atoms with Gasteiger partial charge < -0.3 is 14.5 Å². The van der Waals surface area contributed by atoms with E-state index in [1.54, 1.807) is 35.1 Å². The van der Waals surface area contributed by atoms with Gasteiger partial charge >= 0.3 is 0 Å². The van der Waals surface area contributed by atoms with E-state index in [1.165, 1.54) is 12.1 Å². The number of amides is 2. The first kappa shape index (κ1) is 19.3. The second kappa shape index (κ2) is 8.14. The smallest absolute Gasteiger partial charge is 0.261 e. The summed E-state index contributed by atoms with van der Waals surface area (Å²) < 4.78 is 19.1. The summed E-state index contributed by atoms with van der Waals surface area (Å²) in [5.74, 6) is 0.0336. The van der Waals surface area contributed by atoms with Crippen LogP contribution in [0.1, 0.15) is 42.9 Å². The molecule has 1 aromatic heterocycles. The van der Waals surface area contributed by atoms with Crippen molar-refractivity contribution in [2.75, 3.05) is 19.7 Å². The van der Waals surface area contributed by atoms with Gasteiger partial charge in [0.05, 0.1) is 11.7 Å². The molecule has 7 nitrogen and oxygen atoms in total. The Labute approximate surface area is 168 Å². The number of carbonyl (C=O) groups is 2. The summed E-state index contributed by atoms with van der Waals surface area (Å²) in [5, 5.41) is 0. The lowest BCUT2D eigenvalue weighted by Gasteiger charge is -2.28. The normalized spacial score (nSPS) is 18.5. The van der Waals surface area contributed by atoms with Crippen molar-refractivity contribution in [3.05, 3.63) is 53.4 Å². The number of ether oxygens (including phenoxy) is 1.